The number of methoxy groups -OCH3 is 1. The number of thioether (sulfide) groups is 1. The molecule has 0 aromatic carbocycles. The minimum absolute atomic E-state index is 0.0439. The maximum absolute atomic E-state index is 11.3. The highest BCUT2D eigenvalue weighted by atomic mass is 32.2. The van der Waals surface area contributed by atoms with Crippen molar-refractivity contribution in [2.75, 3.05) is 19.1 Å². The summed E-state index contributed by atoms with van der Waals surface area (Å²) in [6, 6.07) is 0. The van der Waals surface area contributed by atoms with Gasteiger partial charge in [0.25, 0.3) is 0 Å². The number of carbonyl (C=O) groups is 1. The van der Waals surface area contributed by atoms with Crippen LogP contribution in [0.4, 0.5) is 5.82 Å². The van der Waals surface area contributed by atoms with E-state index in [9.17, 15) is 4.79 Å². The Morgan fingerprint density at radius 3 is 2.81 bits per heavy atom. The number of hydrogen-bond acceptors (Lipinski definition) is 5. The Bertz CT molecular complexity index is 387. The van der Waals surface area contributed by atoms with Crippen molar-refractivity contribution in [1.29, 1.82) is 0 Å². The predicted molar refractivity (Wildman–Crippen MR) is 65.6 cm³/mol. The van der Waals surface area contributed by atoms with Crippen molar-refractivity contribution in [2.45, 2.75) is 25.1 Å². The quantitative estimate of drug-likeness (QED) is 0.809. The molecule has 5 nitrogen and oxygen atoms in total. The summed E-state index contributed by atoms with van der Waals surface area (Å²) in [7, 11) is 1.31. The molecule has 0 aliphatic heterocycles. The number of rotatable bonds is 4. The van der Waals surface area contributed by atoms with Crippen LogP contribution in [0.3, 0.4) is 0 Å². The molecule has 6 heteroatoms. The van der Waals surface area contributed by atoms with Crippen molar-refractivity contribution in [3.05, 3.63) is 12.0 Å². The Kier molecular flexibility index (Phi) is 3.85. The highest BCUT2D eigenvalue weighted by Gasteiger charge is 2.21. The Morgan fingerprint density at radius 1 is 1.69 bits per heavy atom. The third-order valence-corrected chi connectivity index (χ3v) is 3.59. The molecule has 1 aromatic rings. The van der Waals surface area contributed by atoms with Crippen LogP contribution in [0.2, 0.25) is 0 Å². The van der Waals surface area contributed by atoms with Gasteiger partial charge in [-0.15, -0.1) is 0 Å². The van der Waals surface area contributed by atoms with Crippen LogP contribution < -0.4 is 5.73 Å². The number of nitrogens with two attached hydrogens (primary N) is 1. The molecule has 0 radical (unpaired) electrons. The minimum atomic E-state index is -0.502. The molecule has 1 aromatic heterocycles. The molecule has 0 atom stereocenters. The molecule has 0 aliphatic carbocycles. The summed E-state index contributed by atoms with van der Waals surface area (Å²) in [4.78, 5) is 15.3. The lowest BCUT2D eigenvalue weighted by molar-refractivity contribution is 0.0596. The average molecular weight is 243 g/mol. The summed E-state index contributed by atoms with van der Waals surface area (Å²) in [5.74, 6) is -0.146. The zero-order chi connectivity index (χ0) is 12.3. The van der Waals surface area contributed by atoms with Crippen LogP contribution in [0.25, 0.3) is 0 Å². The second-order valence-electron chi connectivity index (χ2n) is 4.06. The number of anilines is 1. The van der Waals surface area contributed by atoms with Gasteiger partial charge in [-0.1, -0.05) is 0 Å². The van der Waals surface area contributed by atoms with Gasteiger partial charge in [-0.25, -0.2) is 9.78 Å². The molecule has 0 bridgehead atoms. The van der Waals surface area contributed by atoms with Gasteiger partial charge in [0.15, 0.2) is 5.69 Å². The van der Waals surface area contributed by atoms with Crippen molar-refractivity contribution < 1.29 is 9.53 Å². The van der Waals surface area contributed by atoms with Crippen LogP contribution in [0, 0.1) is 0 Å². The van der Waals surface area contributed by atoms with Crippen molar-refractivity contribution in [1.82, 2.24) is 9.55 Å². The Balaban J connectivity index is 2.92. The molecule has 0 unspecified atom stereocenters. The van der Waals surface area contributed by atoms with Crippen molar-refractivity contribution in [3.63, 3.8) is 0 Å². The molecule has 1 rings (SSSR count). The maximum atomic E-state index is 11.3. The van der Waals surface area contributed by atoms with E-state index in [1.165, 1.54) is 7.11 Å². The van der Waals surface area contributed by atoms with Gasteiger partial charge in [0.2, 0.25) is 0 Å². The van der Waals surface area contributed by atoms with E-state index in [1.807, 2.05) is 6.26 Å². The molecule has 2 N–H and O–H groups in total. The molecule has 16 heavy (non-hydrogen) atoms. The van der Waals surface area contributed by atoms with E-state index in [0.29, 0.717) is 12.4 Å². The zero-order valence-electron chi connectivity index (χ0n) is 9.98. The first-order chi connectivity index (χ1) is 7.41. The fraction of sp³-hybridized carbons (Fsp3) is 0.600. The molecule has 0 fully saturated rings. The van der Waals surface area contributed by atoms with Crippen LogP contribution in [0.15, 0.2) is 6.33 Å². The van der Waals surface area contributed by atoms with Crippen molar-refractivity contribution >= 4 is 23.5 Å². The number of aromatic nitrogens is 2. The van der Waals surface area contributed by atoms with Crippen LogP contribution in [-0.4, -0.2) is 33.6 Å². The summed E-state index contributed by atoms with van der Waals surface area (Å²) in [6.45, 7) is 4.91. The van der Waals surface area contributed by atoms with Crippen LogP contribution in [0.5, 0.6) is 0 Å². The van der Waals surface area contributed by atoms with Crippen LogP contribution >= 0.6 is 11.8 Å². The van der Waals surface area contributed by atoms with Crippen molar-refractivity contribution in [3.8, 4) is 0 Å². The van der Waals surface area contributed by atoms with E-state index in [-0.39, 0.29) is 10.4 Å². The molecule has 0 amide bonds. The Hall–Kier alpha value is -1.17. The molecular formula is C10H17N3O2S. The van der Waals surface area contributed by atoms with E-state index in [4.69, 9.17) is 5.73 Å². The largest absolute Gasteiger partial charge is 0.464 e. The van der Waals surface area contributed by atoms with Crippen LogP contribution in [0.1, 0.15) is 24.3 Å². The summed E-state index contributed by atoms with van der Waals surface area (Å²) in [5, 5.41) is 0. The minimum Gasteiger partial charge on any atom is -0.464 e. The fourth-order valence-electron chi connectivity index (χ4n) is 1.25. The van der Waals surface area contributed by atoms with E-state index in [2.05, 4.69) is 23.6 Å². The summed E-state index contributed by atoms with van der Waals surface area (Å²) in [5.41, 5.74) is 6.01. The number of ether oxygens (including phenoxy) is 1. The van der Waals surface area contributed by atoms with Gasteiger partial charge < -0.3 is 15.0 Å². The average Bonchev–Trinajstić information content (AvgIpc) is 2.59. The van der Waals surface area contributed by atoms with Gasteiger partial charge in [-0.2, -0.15) is 11.8 Å². The summed E-state index contributed by atoms with van der Waals surface area (Å²) >= 11 is 1.73. The molecule has 0 spiro atoms. The third-order valence-electron chi connectivity index (χ3n) is 2.36. The molecule has 0 saturated carbocycles. The van der Waals surface area contributed by atoms with Gasteiger partial charge >= 0.3 is 5.97 Å². The maximum Gasteiger partial charge on any atom is 0.360 e. The predicted octanol–water partition coefficient (Wildman–Crippen LogP) is 1.39. The molecule has 1 heterocycles. The van der Waals surface area contributed by atoms with Crippen molar-refractivity contribution in [2.24, 2.45) is 0 Å². The molecule has 90 valence electrons. The number of imidazole rings is 1. The number of carbonyl (C=O) groups excluding carboxylic acids is 1. The Labute approximate surface area is 99.4 Å². The highest BCUT2D eigenvalue weighted by molar-refractivity contribution is 7.99. The van der Waals surface area contributed by atoms with E-state index in [1.54, 1.807) is 22.7 Å². The third kappa shape index (κ3) is 2.69. The number of nitrogen functional groups attached to an aromatic ring is 1. The lowest BCUT2D eigenvalue weighted by Gasteiger charge is -2.22. The monoisotopic (exact) mass is 243 g/mol. The number of hydrogen-bond donors (Lipinski definition) is 1. The van der Waals surface area contributed by atoms with E-state index in [0.717, 1.165) is 0 Å². The fourth-order valence-corrected chi connectivity index (χ4v) is 1.51. The van der Waals surface area contributed by atoms with E-state index < -0.39 is 5.97 Å². The summed E-state index contributed by atoms with van der Waals surface area (Å²) in [6.07, 6.45) is 3.61. The standard InChI is InChI=1S/C10H17N3O2S/c1-10(2,16-4)5-13-6-12-7(8(13)11)9(14)15-3/h6H,5,11H2,1-4H3. The first-order valence-corrected chi connectivity index (χ1v) is 6.08. The van der Waals surface area contributed by atoms with Gasteiger partial charge in [-0.3, -0.25) is 0 Å². The lowest BCUT2D eigenvalue weighted by Crippen LogP contribution is -2.23. The smallest absolute Gasteiger partial charge is 0.360 e. The normalized spacial score (nSPS) is 11.5. The summed E-state index contributed by atoms with van der Waals surface area (Å²) < 4.78 is 6.40. The highest BCUT2D eigenvalue weighted by Crippen LogP contribution is 2.25. The topological polar surface area (TPSA) is 70.1 Å². The van der Waals surface area contributed by atoms with Gasteiger partial charge in [0.1, 0.15) is 5.82 Å². The van der Waals surface area contributed by atoms with Gasteiger partial charge in [0, 0.05) is 11.3 Å². The SMILES string of the molecule is COC(=O)c1ncn(CC(C)(C)SC)c1N. The number of nitrogens with zero attached hydrogens (tertiary/aromatic N) is 2. The number of esters is 1. The first-order valence-electron chi connectivity index (χ1n) is 4.85. The lowest BCUT2D eigenvalue weighted by atomic mass is 10.2. The van der Waals surface area contributed by atoms with E-state index >= 15 is 0 Å². The Morgan fingerprint density at radius 2 is 2.31 bits per heavy atom. The second-order valence-corrected chi connectivity index (χ2v) is 5.58. The zero-order valence-corrected chi connectivity index (χ0v) is 10.8. The molecule has 0 saturated heterocycles. The second kappa shape index (κ2) is 4.78. The molecule has 0 aliphatic rings. The first kappa shape index (κ1) is 12.9. The van der Waals surface area contributed by atoms with Crippen LogP contribution in [-0.2, 0) is 11.3 Å². The van der Waals surface area contributed by atoms with Gasteiger partial charge in [0.05, 0.1) is 13.4 Å². The molecular weight excluding hydrogens is 226 g/mol. The van der Waals surface area contributed by atoms with Gasteiger partial charge in [-0.05, 0) is 20.1 Å².